The van der Waals surface area contributed by atoms with Gasteiger partial charge in [0.1, 0.15) is 12.1 Å². The summed E-state index contributed by atoms with van der Waals surface area (Å²) >= 11 is 0. The van der Waals surface area contributed by atoms with Crippen LogP contribution in [0.2, 0.25) is 0 Å². The molecule has 2 saturated carbocycles. The van der Waals surface area contributed by atoms with Gasteiger partial charge >= 0.3 is 6.03 Å². The number of primary amides is 1. The van der Waals surface area contributed by atoms with Gasteiger partial charge in [0.15, 0.2) is 34.7 Å². The van der Waals surface area contributed by atoms with Crippen LogP contribution in [0.5, 0.6) is 5.75 Å². The Bertz CT molecular complexity index is 1500. The molecule has 14 nitrogen and oxygen atoms in total. The van der Waals surface area contributed by atoms with Gasteiger partial charge in [-0.15, -0.1) is 0 Å². The second kappa shape index (κ2) is 8.87. The number of amides is 2. The Hall–Kier alpha value is -4.27. The summed E-state index contributed by atoms with van der Waals surface area (Å²) in [5, 5.41) is 36.8. The van der Waals surface area contributed by atoms with Crippen molar-refractivity contribution in [3.05, 3.63) is 42.0 Å². The Morgan fingerprint density at radius 3 is 2.38 bits per heavy atom. The molecule has 2 amide bonds. The number of hydrogen-bond donors (Lipinski definition) is 5. The summed E-state index contributed by atoms with van der Waals surface area (Å²) < 4.78 is 1.07. The number of hydrogen-bond acceptors (Lipinski definition) is 11. The van der Waals surface area contributed by atoms with Crippen molar-refractivity contribution in [2.75, 3.05) is 19.4 Å². The normalized spacial score (nSPS) is 33.3. The van der Waals surface area contributed by atoms with E-state index in [1.807, 2.05) is 0 Å². The first-order chi connectivity index (χ1) is 18.6. The summed E-state index contributed by atoms with van der Waals surface area (Å²) in [5.41, 5.74) is -0.304. The Balaban J connectivity index is 1.63. The summed E-state index contributed by atoms with van der Waals surface area (Å²) in [7, 11) is 2.93. The van der Waals surface area contributed by atoms with E-state index in [4.69, 9.17) is 5.73 Å². The summed E-state index contributed by atoms with van der Waals surface area (Å²) in [6.45, 7) is 1.32. The Morgan fingerprint density at radius 2 is 1.80 bits per heavy atom. The standard InChI is InChI=1S/C26H27N5O9/c1-25(39)10-4-5-13(29-24(38)31-7-6-28-9-31)18(32)14(10)19(33)15-11(25)8-12-17(30(2)3)20(34)16(23(27)37)22(36)26(12,40)21(15)35/h4-7,9,11-12,15-17,32,39-40H,8H2,1-3H3,(H2,27,37)(H,29,38)/t11-,12-,15?,16?,17-,25+,26-/m0/s1. The molecule has 5 rings (SSSR count). The van der Waals surface area contributed by atoms with E-state index >= 15 is 0 Å². The number of fused-ring (bicyclic) bond motifs is 3. The largest absolute Gasteiger partial charge is 0.505 e. The molecule has 3 aliphatic carbocycles. The SMILES string of the molecule is CN(C)[C@@H]1C(=O)C(C(N)=O)C(=O)[C@@]2(O)C(=O)C3C(=O)c4c(ccc(NC(=O)n5ccnc5)c4O)[C@@](C)(O)[C@H]3C[C@@H]12. The van der Waals surface area contributed by atoms with Gasteiger partial charge in [-0.25, -0.2) is 9.78 Å². The molecule has 0 bridgehead atoms. The number of carbonyl (C=O) groups excluding carboxylic acids is 6. The molecular weight excluding hydrogens is 526 g/mol. The molecule has 1 aromatic heterocycles. The summed E-state index contributed by atoms with van der Waals surface area (Å²) in [6.07, 6.45) is 3.57. The number of aromatic nitrogens is 2. The number of benzene rings is 1. The minimum Gasteiger partial charge on any atom is -0.505 e. The van der Waals surface area contributed by atoms with Crippen molar-refractivity contribution in [1.82, 2.24) is 14.5 Å². The van der Waals surface area contributed by atoms with Gasteiger partial charge in [-0.2, -0.15) is 0 Å². The van der Waals surface area contributed by atoms with Crippen LogP contribution in [-0.4, -0.2) is 90.6 Å². The summed E-state index contributed by atoms with van der Waals surface area (Å²) in [4.78, 5) is 84.0. The van der Waals surface area contributed by atoms with Gasteiger partial charge in [0.2, 0.25) is 5.91 Å². The first-order valence-corrected chi connectivity index (χ1v) is 12.4. The number of anilines is 1. The lowest BCUT2D eigenvalue weighted by molar-refractivity contribution is -0.188. The Kier molecular flexibility index (Phi) is 6.06. The monoisotopic (exact) mass is 553 g/mol. The first-order valence-electron chi connectivity index (χ1n) is 12.4. The minimum absolute atomic E-state index is 0.0417. The van der Waals surface area contributed by atoms with Crippen molar-refractivity contribution in [2.24, 2.45) is 29.4 Å². The molecule has 2 unspecified atom stereocenters. The fourth-order valence-electron chi connectivity index (χ4n) is 6.58. The number of aliphatic hydroxyl groups is 2. The number of phenols is 1. The molecule has 2 fully saturated rings. The number of rotatable bonds is 3. The number of nitrogens with two attached hydrogens (primary N) is 1. The van der Waals surface area contributed by atoms with E-state index in [-0.39, 0.29) is 17.7 Å². The van der Waals surface area contributed by atoms with Crippen LogP contribution in [0.1, 0.15) is 29.3 Å². The zero-order valence-corrected chi connectivity index (χ0v) is 21.7. The van der Waals surface area contributed by atoms with E-state index in [9.17, 15) is 44.1 Å². The van der Waals surface area contributed by atoms with Crippen LogP contribution in [0.25, 0.3) is 0 Å². The third kappa shape index (κ3) is 3.49. The second-order valence-electron chi connectivity index (χ2n) is 10.9. The maximum absolute atomic E-state index is 14.0. The molecule has 0 spiro atoms. The van der Waals surface area contributed by atoms with Gasteiger partial charge in [-0.05, 0) is 39.1 Å². The van der Waals surface area contributed by atoms with Crippen LogP contribution in [0.4, 0.5) is 10.5 Å². The van der Waals surface area contributed by atoms with Crippen molar-refractivity contribution in [2.45, 2.75) is 30.6 Å². The van der Waals surface area contributed by atoms with Crippen LogP contribution in [-0.2, 0) is 24.8 Å². The molecule has 14 heteroatoms. The third-order valence-corrected chi connectivity index (χ3v) is 8.50. The third-order valence-electron chi connectivity index (χ3n) is 8.50. The molecule has 210 valence electrons. The van der Waals surface area contributed by atoms with Crippen molar-refractivity contribution in [3.8, 4) is 5.75 Å². The fourth-order valence-corrected chi connectivity index (χ4v) is 6.58. The number of carbonyl (C=O) groups is 6. The van der Waals surface area contributed by atoms with Crippen LogP contribution in [0.3, 0.4) is 0 Å². The van der Waals surface area contributed by atoms with Crippen LogP contribution in [0.15, 0.2) is 30.9 Å². The van der Waals surface area contributed by atoms with E-state index in [1.54, 1.807) is 0 Å². The number of aromatic hydroxyl groups is 1. The van der Waals surface area contributed by atoms with Crippen molar-refractivity contribution in [3.63, 3.8) is 0 Å². The van der Waals surface area contributed by atoms with Gasteiger partial charge in [-0.3, -0.25) is 33.4 Å². The predicted molar refractivity (Wildman–Crippen MR) is 134 cm³/mol. The molecule has 6 N–H and O–H groups in total. The zero-order valence-electron chi connectivity index (χ0n) is 21.7. The minimum atomic E-state index is -2.93. The molecule has 7 atom stereocenters. The van der Waals surface area contributed by atoms with Crippen LogP contribution >= 0.6 is 0 Å². The molecule has 1 heterocycles. The highest BCUT2D eigenvalue weighted by Gasteiger charge is 2.71. The second-order valence-corrected chi connectivity index (χ2v) is 10.9. The number of Topliss-reactive ketones (excluding diaryl/α,β-unsaturated/α-hetero) is 4. The molecule has 0 aliphatic heterocycles. The van der Waals surface area contributed by atoms with Gasteiger partial charge < -0.3 is 26.4 Å². The average Bonchev–Trinajstić information content (AvgIpc) is 3.41. The molecule has 3 aliphatic rings. The molecular formula is C26H27N5O9. The maximum atomic E-state index is 14.0. The maximum Gasteiger partial charge on any atom is 0.331 e. The Morgan fingerprint density at radius 1 is 1.12 bits per heavy atom. The number of likely N-dealkylation sites (N-methyl/N-ethyl adjacent to an activating group) is 1. The van der Waals surface area contributed by atoms with Crippen LogP contribution in [0, 0.1) is 23.7 Å². The smallest absolute Gasteiger partial charge is 0.331 e. The quantitative estimate of drug-likeness (QED) is 0.224. The van der Waals surface area contributed by atoms with Gasteiger partial charge in [0, 0.05) is 24.2 Å². The molecule has 0 radical (unpaired) electrons. The lowest BCUT2D eigenvalue weighted by Crippen LogP contribution is -2.75. The summed E-state index contributed by atoms with van der Waals surface area (Å²) in [5.74, 6) is -13.2. The van der Waals surface area contributed by atoms with E-state index in [2.05, 4.69) is 10.3 Å². The van der Waals surface area contributed by atoms with E-state index in [1.165, 1.54) is 56.8 Å². The lowest BCUT2D eigenvalue weighted by Gasteiger charge is -2.55. The highest BCUT2D eigenvalue weighted by molar-refractivity contribution is 6.32. The average molecular weight is 554 g/mol. The molecule has 2 aromatic rings. The summed E-state index contributed by atoms with van der Waals surface area (Å²) in [6, 6.07) is 0.574. The van der Waals surface area contributed by atoms with Gasteiger partial charge in [0.25, 0.3) is 0 Å². The van der Waals surface area contributed by atoms with E-state index in [0.29, 0.717) is 0 Å². The number of ketones is 4. The highest BCUT2D eigenvalue weighted by Crippen LogP contribution is 2.56. The number of imidazole rings is 1. The Labute approximate surface area is 226 Å². The number of nitrogens with zero attached hydrogens (tertiary/aromatic N) is 3. The lowest BCUT2D eigenvalue weighted by atomic mass is 9.49. The van der Waals surface area contributed by atoms with Gasteiger partial charge in [0.05, 0.1) is 28.8 Å². The number of nitrogens with one attached hydrogen (secondary N) is 1. The fraction of sp³-hybridized carbons (Fsp3) is 0.423. The molecule has 40 heavy (non-hydrogen) atoms. The zero-order chi connectivity index (χ0) is 29.5. The van der Waals surface area contributed by atoms with Crippen molar-refractivity contribution in [1.29, 1.82) is 0 Å². The van der Waals surface area contributed by atoms with E-state index < -0.39 is 87.3 Å². The molecule has 0 saturated heterocycles. The van der Waals surface area contributed by atoms with Gasteiger partial charge in [-0.1, -0.05) is 6.07 Å². The van der Waals surface area contributed by atoms with Crippen molar-refractivity contribution < 1.29 is 44.1 Å². The first kappa shape index (κ1) is 27.3. The number of phenolic OH excluding ortho intramolecular Hbond substituents is 1. The highest BCUT2D eigenvalue weighted by atomic mass is 16.3. The van der Waals surface area contributed by atoms with E-state index in [0.717, 1.165) is 4.57 Å². The van der Waals surface area contributed by atoms with Crippen molar-refractivity contribution >= 4 is 40.8 Å². The topological polar surface area (TPSA) is 222 Å². The molecule has 1 aromatic carbocycles. The van der Waals surface area contributed by atoms with Crippen LogP contribution < -0.4 is 11.1 Å². The predicted octanol–water partition coefficient (Wildman–Crippen LogP) is -1.19.